The van der Waals surface area contributed by atoms with Gasteiger partial charge in [-0.25, -0.2) is 0 Å². The van der Waals surface area contributed by atoms with Crippen LogP contribution in [-0.4, -0.2) is 21.3 Å². The van der Waals surface area contributed by atoms with Gasteiger partial charge in [0.15, 0.2) is 6.29 Å². The zero-order valence-electron chi connectivity index (χ0n) is 7.52. The topological polar surface area (TPSA) is 47.8 Å². The van der Waals surface area contributed by atoms with E-state index in [1.807, 2.05) is 0 Å². The van der Waals surface area contributed by atoms with Crippen LogP contribution in [0.1, 0.15) is 36.2 Å². The highest BCUT2D eigenvalue weighted by molar-refractivity contribution is 5.70. The Balaban J connectivity index is 1.96. The van der Waals surface area contributed by atoms with Crippen LogP contribution in [0, 0.1) is 5.92 Å². The molecule has 1 heterocycles. The lowest BCUT2D eigenvalue weighted by molar-refractivity contribution is 0.111. The first-order valence-corrected chi connectivity index (χ1v) is 4.74. The maximum atomic E-state index is 10.3. The van der Waals surface area contributed by atoms with Crippen molar-refractivity contribution in [3.8, 4) is 0 Å². The molecule has 1 saturated carbocycles. The third kappa shape index (κ3) is 1.94. The predicted molar refractivity (Wildman–Crippen MR) is 47.4 cm³/mol. The van der Waals surface area contributed by atoms with E-state index in [2.05, 4.69) is 10.3 Å². The molecule has 1 aliphatic rings. The molecule has 1 fully saturated rings. The number of carbonyl (C=O) groups excluding carboxylic acids is 1. The molecule has 0 spiro atoms. The lowest BCUT2D eigenvalue weighted by atomic mass is 10.1. The van der Waals surface area contributed by atoms with Gasteiger partial charge in [0.2, 0.25) is 0 Å². The van der Waals surface area contributed by atoms with Gasteiger partial charge in [0.05, 0.1) is 6.20 Å². The maximum absolute atomic E-state index is 10.3. The summed E-state index contributed by atoms with van der Waals surface area (Å²) < 4.78 is 1.78. The lowest BCUT2D eigenvalue weighted by Crippen LogP contribution is -2.07. The van der Waals surface area contributed by atoms with Crippen LogP contribution in [0.5, 0.6) is 0 Å². The molecule has 0 amide bonds. The van der Waals surface area contributed by atoms with Crippen LogP contribution in [0.3, 0.4) is 0 Å². The molecular formula is C9H13N3O. The fourth-order valence-corrected chi connectivity index (χ4v) is 1.91. The number of rotatable bonds is 3. The van der Waals surface area contributed by atoms with Gasteiger partial charge in [-0.05, 0) is 18.8 Å². The van der Waals surface area contributed by atoms with E-state index < -0.39 is 0 Å². The second-order valence-electron chi connectivity index (χ2n) is 3.63. The van der Waals surface area contributed by atoms with Crippen LogP contribution >= 0.6 is 0 Å². The molecule has 4 heteroatoms. The Morgan fingerprint density at radius 1 is 1.54 bits per heavy atom. The average molecular weight is 179 g/mol. The zero-order valence-corrected chi connectivity index (χ0v) is 7.52. The second kappa shape index (κ2) is 3.68. The van der Waals surface area contributed by atoms with Crippen LogP contribution < -0.4 is 0 Å². The van der Waals surface area contributed by atoms with Gasteiger partial charge in [-0.2, -0.15) is 0 Å². The number of nitrogens with zero attached hydrogens (tertiary/aromatic N) is 3. The minimum atomic E-state index is 0.429. The number of aromatic nitrogens is 3. The molecule has 0 N–H and O–H groups in total. The molecule has 4 nitrogen and oxygen atoms in total. The smallest absolute Gasteiger partial charge is 0.171 e. The summed E-state index contributed by atoms with van der Waals surface area (Å²) in [4.78, 5) is 10.3. The van der Waals surface area contributed by atoms with Gasteiger partial charge in [0.1, 0.15) is 5.69 Å². The van der Waals surface area contributed by atoms with Crippen LogP contribution in [0.2, 0.25) is 0 Å². The number of carbonyl (C=O) groups is 1. The number of aldehydes is 1. The Kier molecular flexibility index (Phi) is 2.38. The molecular weight excluding hydrogens is 166 g/mol. The standard InChI is InChI=1S/C9H13N3O/c13-7-9-6-12(11-10-9)5-8-3-1-2-4-8/h6-8H,1-5H2. The minimum Gasteiger partial charge on any atom is -0.296 e. The minimum absolute atomic E-state index is 0.429. The lowest BCUT2D eigenvalue weighted by Gasteiger charge is -2.06. The molecule has 0 radical (unpaired) electrons. The fourth-order valence-electron chi connectivity index (χ4n) is 1.91. The first-order valence-electron chi connectivity index (χ1n) is 4.74. The molecule has 1 aliphatic carbocycles. The van der Waals surface area contributed by atoms with Crippen molar-refractivity contribution in [1.82, 2.24) is 15.0 Å². The Morgan fingerprint density at radius 2 is 2.31 bits per heavy atom. The Bertz CT molecular complexity index is 289. The highest BCUT2D eigenvalue weighted by atomic mass is 16.1. The summed E-state index contributed by atoms with van der Waals surface area (Å²) in [7, 11) is 0. The summed E-state index contributed by atoms with van der Waals surface area (Å²) in [6.07, 6.45) is 7.69. The monoisotopic (exact) mass is 179 g/mol. The van der Waals surface area contributed by atoms with Gasteiger partial charge in [0, 0.05) is 6.54 Å². The summed E-state index contributed by atoms with van der Waals surface area (Å²) in [5.41, 5.74) is 0.429. The molecule has 0 atom stereocenters. The zero-order chi connectivity index (χ0) is 9.10. The molecule has 13 heavy (non-hydrogen) atoms. The summed E-state index contributed by atoms with van der Waals surface area (Å²) in [6.45, 7) is 0.918. The molecule has 2 rings (SSSR count). The highest BCUT2D eigenvalue weighted by Gasteiger charge is 2.15. The first-order chi connectivity index (χ1) is 6.38. The Morgan fingerprint density at radius 3 is 2.92 bits per heavy atom. The third-order valence-electron chi connectivity index (χ3n) is 2.60. The summed E-state index contributed by atoms with van der Waals surface area (Å²) in [5, 5.41) is 7.61. The predicted octanol–water partition coefficient (Wildman–Crippen LogP) is 1.28. The van der Waals surface area contributed by atoms with Crippen molar-refractivity contribution in [3.63, 3.8) is 0 Å². The number of hydrogen-bond donors (Lipinski definition) is 0. The molecule has 0 unspecified atom stereocenters. The molecule has 70 valence electrons. The summed E-state index contributed by atoms with van der Waals surface area (Å²) >= 11 is 0. The number of hydrogen-bond acceptors (Lipinski definition) is 3. The SMILES string of the molecule is O=Cc1cn(CC2CCCC2)nn1. The molecule has 1 aromatic rings. The molecule has 1 aromatic heterocycles. The maximum Gasteiger partial charge on any atom is 0.171 e. The van der Waals surface area contributed by atoms with Gasteiger partial charge in [0.25, 0.3) is 0 Å². The van der Waals surface area contributed by atoms with Crippen molar-refractivity contribution in [2.75, 3.05) is 0 Å². The van der Waals surface area contributed by atoms with Crippen LogP contribution in [0.4, 0.5) is 0 Å². The van der Waals surface area contributed by atoms with Crippen molar-refractivity contribution in [3.05, 3.63) is 11.9 Å². The van der Waals surface area contributed by atoms with E-state index in [0.717, 1.165) is 18.7 Å². The summed E-state index contributed by atoms with van der Waals surface area (Å²) in [6, 6.07) is 0. The van der Waals surface area contributed by atoms with Crippen molar-refractivity contribution in [2.45, 2.75) is 32.2 Å². The van der Waals surface area contributed by atoms with Crippen molar-refractivity contribution >= 4 is 6.29 Å². The van der Waals surface area contributed by atoms with E-state index in [-0.39, 0.29) is 0 Å². The quantitative estimate of drug-likeness (QED) is 0.657. The van der Waals surface area contributed by atoms with Gasteiger partial charge in [-0.15, -0.1) is 5.10 Å². The van der Waals surface area contributed by atoms with Gasteiger partial charge in [-0.1, -0.05) is 18.1 Å². The van der Waals surface area contributed by atoms with Crippen molar-refractivity contribution in [2.24, 2.45) is 5.92 Å². The van der Waals surface area contributed by atoms with Gasteiger partial charge in [-0.3, -0.25) is 9.48 Å². The molecule has 0 aromatic carbocycles. The first kappa shape index (κ1) is 8.41. The van der Waals surface area contributed by atoms with Gasteiger partial charge >= 0.3 is 0 Å². The van der Waals surface area contributed by atoms with E-state index in [4.69, 9.17) is 0 Å². The highest BCUT2D eigenvalue weighted by Crippen LogP contribution is 2.25. The molecule has 0 aliphatic heterocycles. The van der Waals surface area contributed by atoms with Crippen LogP contribution in [0.25, 0.3) is 0 Å². The van der Waals surface area contributed by atoms with Crippen molar-refractivity contribution < 1.29 is 4.79 Å². The van der Waals surface area contributed by atoms with Crippen LogP contribution in [0.15, 0.2) is 6.20 Å². The largest absolute Gasteiger partial charge is 0.296 e. The fraction of sp³-hybridized carbons (Fsp3) is 0.667. The molecule has 0 bridgehead atoms. The Labute approximate surface area is 76.9 Å². The van der Waals surface area contributed by atoms with E-state index >= 15 is 0 Å². The van der Waals surface area contributed by atoms with E-state index in [1.165, 1.54) is 25.7 Å². The van der Waals surface area contributed by atoms with E-state index in [1.54, 1.807) is 10.9 Å². The molecule has 0 saturated heterocycles. The third-order valence-corrected chi connectivity index (χ3v) is 2.60. The van der Waals surface area contributed by atoms with E-state index in [0.29, 0.717) is 5.69 Å². The summed E-state index contributed by atoms with van der Waals surface area (Å²) in [5.74, 6) is 0.737. The van der Waals surface area contributed by atoms with Gasteiger partial charge < -0.3 is 0 Å². The normalized spacial score (nSPS) is 17.8. The van der Waals surface area contributed by atoms with Crippen LogP contribution in [-0.2, 0) is 6.54 Å². The van der Waals surface area contributed by atoms with E-state index in [9.17, 15) is 4.79 Å². The van der Waals surface area contributed by atoms with Crippen molar-refractivity contribution in [1.29, 1.82) is 0 Å². The second-order valence-corrected chi connectivity index (χ2v) is 3.63. The Hall–Kier alpha value is -1.19. The average Bonchev–Trinajstić information content (AvgIpc) is 2.76.